The van der Waals surface area contributed by atoms with E-state index in [-0.39, 0.29) is 41.3 Å². The molecule has 0 bridgehead atoms. The van der Waals surface area contributed by atoms with Crippen LogP contribution in [0.15, 0.2) is 53.7 Å². The van der Waals surface area contributed by atoms with E-state index < -0.39 is 5.92 Å². The fraction of sp³-hybridized carbons (Fsp3) is 0.304. The SMILES string of the molecule is COc1cc([C@H]2CC(=O)NC3=C2C(=O)C[C@@H](c2ccccc2)C3)cc(OC)c1O. The zero-order valence-electron chi connectivity index (χ0n) is 16.4. The van der Waals surface area contributed by atoms with E-state index in [1.165, 1.54) is 14.2 Å². The third-order valence-corrected chi connectivity index (χ3v) is 5.71. The minimum absolute atomic E-state index is 0.0381. The molecule has 0 unspecified atom stereocenters. The largest absolute Gasteiger partial charge is 0.502 e. The summed E-state index contributed by atoms with van der Waals surface area (Å²) in [4.78, 5) is 25.6. The number of carbonyl (C=O) groups is 2. The lowest BCUT2D eigenvalue weighted by Gasteiger charge is -2.34. The van der Waals surface area contributed by atoms with E-state index in [9.17, 15) is 14.7 Å². The van der Waals surface area contributed by atoms with Crippen molar-refractivity contribution in [2.75, 3.05) is 14.2 Å². The van der Waals surface area contributed by atoms with Crippen LogP contribution in [0, 0.1) is 0 Å². The Balaban J connectivity index is 1.76. The first-order valence-electron chi connectivity index (χ1n) is 9.57. The summed E-state index contributed by atoms with van der Waals surface area (Å²) < 4.78 is 10.5. The summed E-state index contributed by atoms with van der Waals surface area (Å²) in [6, 6.07) is 13.2. The monoisotopic (exact) mass is 393 g/mol. The number of rotatable bonds is 4. The van der Waals surface area contributed by atoms with E-state index in [2.05, 4.69) is 5.32 Å². The molecule has 0 radical (unpaired) electrons. The van der Waals surface area contributed by atoms with Gasteiger partial charge in [0.15, 0.2) is 17.3 Å². The van der Waals surface area contributed by atoms with E-state index in [4.69, 9.17) is 9.47 Å². The zero-order valence-corrected chi connectivity index (χ0v) is 16.4. The predicted octanol–water partition coefficient (Wildman–Crippen LogP) is 3.41. The number of hydrogen-bond donors (Lipinski definition) is 2. The molecule has 0 saturated carbocycles. The van der Waals surface area contributed by atoms with Crippen LogP contribution < -0.4 is 14.8 Å². The summed E-state index contributed by atoms with van der Waals surface area (Å²) in [5, 5.41) is 13.1. The van der Waals surface area contributed by atoms with Crippen molar-refractivity contribution < 1.29 is 24.2 Å². The maximum absolute atomic E-state index is 13.2. The Labute approximate surface area is 169 Å². The Morgan fingerprint density at radius 1 is 0.931 bits per heavy atom. The highest BCUT2D eigenvalue weighted by Crippen LogP contribution is 2.46. The number of hydrogen-bond acceptors (Lipinski definition) is 5. The minimum Gasteiger partial charge on any atom is -0.502 e. The smallest absolute Gasteiger partial charge is 0.225 e. The first-order valence-corrected chi connectivity index (χ1v) is 9.57. The van der Waals surface area contributed by atoms with Crippen LogP contribution in [0.5, 0.6) is 17.2 Å². The molecule has 2 aromatic rings. The molecule has 150 valence electrons. The van der Waals surface area contributed by atoms with Gasteiger partial charge in [-0.3, -0.25) is 9.59 Å². The van der Waals surface area contributed by atoms with Crippen LogP contribution in [-0.2, 0) is 9.59 Å². The molecule has 2 N–H and O–H groups in total. The molecule has 6 nitrogen and oxygen atoms in total. The molecule has 2 atom stereocenters. The average molecular weight is 393 g/mol. The molecule has 1 heterocycles. The number of aromatic hydroxyl groups is 1. The van der Waals surface area contributed by atoms with Crippen molar-refractivity contribution in [1.29, 1.82) is 0 Å². The number of carbonyl (C=O) groups excluding carboxylic acids is 2. The standard InChI is InChI=1S/C23H23NO5/c1-28-19-10-15(11-20(29-2)23(19)27)16-12-21(26)24-17-8-14(9-18(25)22(16)17)13-6-4-3-5-7-13/h3-7,10-11,14,16,27H,8-9,12H2,1-2H3,(H,24,26)/t14-,16+/m0/s1. The molecule has 0 aromatic heterocycles. The van der Waals surface area contributed by atoms with E-state index in [0.29, 0.717) is 29.7 Å². The molecular formula is C23H23NO5. The van der Waals surface area contributed by atoms with E-state index >= 15 is 0 Å². The summed E-state index contributed by atoms with van der Waals surface area (Å²) in [6.07, 6.45) is 1.18. The number of benzene rings is 2. The Hall–Kier alpha value is -3.28. The lowest BCUT2D eigenvalue weighted by Crippen LogP contribution is -2.38. The Bertz CT molecular complexity index is 971. The molecule has 2 aliphatic rings. The van der Waals surface area contributed by atoms with Crippen LogP contribution in [-0.4, -0.2) is 31.0 Å². The molecule has 6 heteroatoms. The number of phenols is 1. The fourth-order valence-corrected chi connectivity index (χ4v) is 4.32. The van der Waals surface area contributed by atoms with E-state index in [0.717, 1.165) is 5.56 Å². The number of ketones is 1. The van der Waals surface area contributed by atoms with Crippen LogP contribution in [0.4, 0.5) is 0 Å². The van der Waals surface area contributed by atoms with Crippen molar-refractivity contribution in [3.8, 4) is 17.2 Å². The molecule has 0 spiro atoms. The van der Waals surface area contributed by atoms with Crippen LogP contribution in [0.3, 0.4) is 0 Å². The van der Waals surface area contributed by atoms with Gasteiger partial charge in [0.25, 0.3) is 0 Å². The van der Waals surface area contributed by atoms with Gasteiger partial charge in [0.1, 0.15) is 0 Å². The number of amides is 1. The van der Waals surface area contributed by atoms with Gasteiger partial charge in [-0.05, 0) is 35.6 Å². The average Bonchev–Trinajstić information content (AvgIpc) is 2.73. The van der Waals surface area contributed by atoms with Crippen LogP contribution >= 0.6 is 0 Å². The summed E-state index contributed by atoms with van der Waals surface area (Å²) in [6.45, 7) is 0. The van der Waals surface area contributed by atoms with Crippen molar-refractivity contribution in [2.24, 2.45) is 0 Å². The lowest BCUT2D eigenvalue weighted by molar-refractivity contribution is -0.122. The lowest BCUT2D eigenvalue weighted by atomic mass is 9.73. The molecule has 4 rings (SSSR count). The number of methoxy groups -OCH3 is 2. The van der Waals surface area contributed by atoms with Gasteiger partial charge >= 0.3 is 0 Å². The molecular weight excluding hydrogens is 370 g/mol. The number of allylic oxidation sites excluding steroid dienone is 2. The second-order valence-electron chi connectivity index (χ2n) is 7.41. The van der Waals surface area contributed by atoms with Crippen LogP contribution in [0.25, 0.3) is 0 Å². The van der Waals surface area contributed by atoms with Crippen molar-refractivity contribution in [2.45, 2.75) is 31.1 Å². The molecule has 2 aromatic carbocycles. The highest BCUT2D eigenvalue weighted by Gasteiger charge is 2.38. The van der Waals surface area contributed by atoms with Gasteiger partial charge in [0.05, 0.1) is 14.2 Å². The Kier molecular flexibility index (Phi) is 5.01. The highest BCUT2D eigenvalue weighted by molar-refractivity contribution is 6.02. The summed E-state index contributed by atoms with van der Waals surface area (Å²) in [5.74, 6) is -0.0442. The zero-order chi connectivity index (χ0) is 20.5. The Morgan fingerprint density at radius 2 is 1.59 bits per heavy atom. The van der Waals surface area contributed by atoms with Crippen molar-refractivity contribution >= 4 is 11.7 Å². The van der Waals surface area contributed by atoms with Crippen molar-refractivity contribution in [1.82, 2.24) is 5.32 Å². The fourth-order valence-electron chi connectivity index (χ4n) is 4.32. The number of phenolic OH excluding ortho intramolecular Hbond substituents is 1. The minimum atomic E-state index is -0.397. The number of ether oxygens (including phenoxy) is 2. The molecule has 1 aliphatic carbocycles. The van der Waals surface area contributed by atoms with Crippen molar-refractivity contribution in [3.63, 3.8) is 0 Å². The first-order chi connectivity index (χ1) is 14.0. The normalized spacial score (nSPS) is 21.4. The Morgan fingerprint density at radius 3 is 2.21 bits per heavy atom. The van der Waals surface area contributed by atoms with Crippen LogP contribution in [0.2, 0.25) is 0 Å². The summed E-state index contributed by atoms with van der Waals surface area (Å²) >= 11 is 0. The number of nitrogens with one attached hydrogen (secondary N) is 1. The summed E-state index contributed by atoms with van der Waals surface area (Å²) in [5.41, 5.74) is 3.15. The maximum atomic E-state index is 13.2. The van der Waals surface area contributed by atoms with E-state index in [1.54, 1.807) is 12.1 Å². The number of Topliss-reactive ketones (excluding diaryl/α,β-unsaturated/α-hetero) is 1. The quantitative estimate of drug-likeness (QED) is 0.832. The van der Waals surface area contributed by atoms with Crippen LogP contribution in [0.1, 0.15) is 42.2 Å². The van der Waals surface area contributed by atoms with Gasteiger partial charge in [-0.25, -0.2) is 0 Å². The molecule has 1 aliphatic heterocycles. The van der Waals surface area contributed by atoms with Gasteiger partial charge in [0, 0.05) is 30.0 Å². The second kappa shape index (κ2) is 7.62. The third kappa shape index (κ3) is 3.46. The second-order valence-corrected chi connectivity index (χ2v) is 7.41. The topological polar surface area (TPSA) is 84.9 Å². The third-order valence-electron chi connectivity index (χ3n) is 5.71. The van der Waals surface area contributed by atoms with Gasteiger partial charge < -0.3 is 19.9 Å². The van der Waals surface area contributed by atoms with Gasteiger partial charge in [-0.2, -0.15) is 0 Å². The van der Waals surface area contributed by atoms with Crippen molar-refractivity contribution in [3.05, 3.63) is 64.9 Å². The molecule has 0 saturated heterocycles. The molecule has 0 fully saturated rings. The maximum Gasteiger partial charge on any atom is 0.225 e. The first kappa shape index (κ1) is 19.1. The van der Waals surface area contributed by atoms with Gasteiger partial charge in [-0.1, -0.05) is 30.3 Å². The van der Waals surface area contributed by atoms with Gasteiger partial charge in [0.2, 0.25) is 11.7 Å². The summed E-state index contributed by atoms with van der Waals surface area (Å²) in [7, 11) is 2.90. The van der Waals surface area contributed by atoms with E-state index in [1.807, 2.05) is 30.3 Å². The predicted molar refractivity (Wildman–Crippen MR) is 107 cm³/mol. The highest BCUT2D eigenvalue weighted by atomic mass is 16.5. The van der Waals surface area contributed by atoms with Gasteiger partial charge in [-0.15, -0.1) is 0 Å². The molecule has 1 amide bonds. The molecule has 29 heavy (non-hydrogen) atoms.